The minimum atomic E-state index is 0.0457. The van der Waals surface area contributed by atoms with Crippen LogP contribution in [0.1, 0.15) is 23.3 Å². The van der Waals surface area contributed by atoms with Crippen LogP contribution in [0.15, 0.2) is 51.7 Å². The molecule has 2 N–H and O–H groups in total. The fourth-order valence-corrected chi connectivity index (χ4v) is 3.15. The number of hydrogen-bond acceptors (Lipinski definition) is 4. The number of allylic oxidation sites excluding steroid dienone is 1. The first-order valence-corrected chi connectivity index (χ1v) is 7.86. The molecule has 0 bridgehead atoms. The summed E-state index contributed by atoms with van der Waals surface area (Å²) >= 11 is 0. The Balaban J connectivity index is 1.84. The van der Waals surface area contributed by atoms with Gasteiger partial charge in [-0.05, 0) is 54.3 Å². The lowest BCUT2D eigenvalue weighted by Gasteiger charge is -2.05. The van der Waals surface area contributed by atoms with E-state index in [9.17, 15) is 4.79 Å². The highest BCUT2D eigenvalue weighted by Crippen LogP contribution is 2.34. The van der Waals surface area contributed by atoms with E-state index in [1.54, 1.807) is 25.3 Å². The van der Waals surface area contributed by atoms with E-state index in [-0.39, 0.29) is 5.43 Å². The van der Waals surface area contributed by atoms with Gasteiger partial charge in [0.05, 0.1) is 12.5 Å². The van der Waals surface area contributed by atoms with Crippen LogP contribution in [0.25, 0.3) is 22.6 Å². The Morgan fingerprint density at radius 2 is 1.92 bits per heavy atom. The van der Waals surface area contributed by atoms with Crippen LogP contribution >= 0.6 is 0 Å². The average Bonchev–Trinajstić information content (AvgIpc) is 2.98. The minimum absolute atomic E-state index is 0.0457. The van der Waals surface area contributed by atoms with Crippen LogP contribution < -0.4 is 15.9 Å². The summed E-state index contributed by atoms with van der Waals surface area (Å²) in [5.74, 6) is 1.51. The van der Waals surface area contributed by atoms with Crippen LogP contribution in [-0.2, 0) is 6.42 Å². The van der Waals surface area contributed by atoms with E-state index >= 15 is 0 Å². The summed E-state index contributed by atoms with van der Waals surface area (Å²) in [6.45, 7) is 0. The van der Waals surface area contributed by atoms with Gasteiger partial charge in [-0.1, -0.05) is 12.1 Å². The van der Waals surface area contributed by atoms with E-state index in [1.165, 1.54) is 0 Å². The summed E-state index contributed by atoms with van der Waals surface area (Å²) in [5.41, 5.74) is 9.84. The molecule has 0 fully saturated rings. The normalized spacial score (nSPS) is 15.0. The third-order valence-corrected chi connectivity index (χ3v) is 4.40. The van der Waals surface area contributed by atoms with Crippen molar-refractivity contribution in [1.29, 1.82) is 0 Å². The molecule has 0 spiro atoms. The zero-order chi connectivity index (χ0) is 16.7. The lowest BCUT2D eigenvalue weighted by Crippen LogP contribution is -2.08. The molecule has 0 saturated heterocycles. The van der Waals surface area contributed by atoms with Crippen LogP contribution in [0.3, 0.4) is 0 Å². The number of benzene rings is 2. The Morgan fingerprint density at radius 1 is 1.12 bits per heavy atom. The smallest absolute Gasteiger partial charge is 0.196 e. The number of nitrogens with two attached hydrogens (primary N) is 1. The molecule has 0 amide bonds. The van der Waals surface area contributed by atoms with Gasteiger partial charge < -0.3 is 14.9 Å². The molecule has 2 aromatic carbocycles. The predicted molar refractivity (Wildman–Crippen MR) is 96.1 cm³/mol. The molecular weight excluding hydrogens is 302 g/mol. The first kappa shape index (κ1) is 14.6. The Bertz CT molecular complexity index is 1010. The summed E-state index contributed by atoms with van der Waals surface area (Å²) in [7, 11) is 1.64. The van der Waals surface area contributed by atoms with Gasteiger partial charge in [0.1, 0.15) is 17.1 Å². The Hall–Kier alpha value is -3.01. The highest BCUT2D eigenvalue weighted by molar-refractivity contribution is 5.87. The maximum absolute atomic E-state index is 12.7. The third-order valence-electron chi connectivity index (χ3n) is 4.40. The minimum Gasteiger partial charge on any atom is -0.497 e. The van der Waals surface area contributed by atoms with Gasteiger partial charge in [-0.25, -0.2) is 0 Å². The first-order valence-electron chi connectivity index (χ1n) is 7.86. The maximum atomic E-state index is 12.7. The molecule has 4 rings (SSSR count). The van der Waals surface area contributed by atoms with E-state index in [4.69, 9.17) is 14.9 Å². The van der Waals surface area contributed by atoms with Crippen LogP contribution in [-0.4, -0.2) is 7.11 Å². The largest absolute Gasteiger partial charge is 0.497 e. The van der Waals surface area contributed by atoms with Gasteiger partial charge in [0.15, 0.2) is 5.43 Å². The van der Waals surface area contributed by atoms with Crippen LogP contribution in [0.5, 0.6) is 5.75 Å². The van der Waals surface area contributed by atoms with E-state index in [2.05, 4.69) is 6.08 Å². The lowest BCUT2D eigenvalue weighted by atomic mass is 10.1. The maximum Gasteiger partial charge on any atom is 0.196 e. The standard InChI is InChI=1S/C20H17NO3/c1-23-15-6-2-12(3-7-15)10-13-4-8-17-19(22)16-9-5-14(21)11-18(16)24-20(13)17/h2-3,5-7,9-11H,4,8,21H2,1H3/b13-10+. The second-order valence-corrected chi connectivity index (χ2v) is 5.94. The van der Waals surface area contributed by atoms with Crippen molar-refractivity contribution in [3.05, 3.63) is 69.6 Å². The molecule has 0 atom stereocenters. The molecule has 1 aliphatic rings. The molecule has 120 valence electrons. The molecular formula is C20H17NO3. The van der Waals surface area contributed by atoms with Crippen LogP contribution in [0.4, 0.5) is 5.69 Å². The number of anilines is 1. The number of rotatable bonds is 2. The SMILES string of the molecule is COc1ccc(/C=C2\CCc3c2oc2cc(N)ccc2c3=O)cc1. The number of nitrogen functional groups attached to an aromatic ring is 1. The molecule has 1 heterocycles. The van der Waals surface area contributed by atoms with Crippen LogP contribution in [0.2, 0.25) is 0 Å². The highest BCUT2D eigenvalue weighted by Gasteiger charge is 2.23. The summed E-state index contributed by atoms with van der Waals surface area (Å²) in [6, 6.07) is 13.0. The predicted octanol–water partition coefficient (Wildman–Crippen LogP) is 3.87. The zero-order valence-corrected chi connectivity index (χ0v) is 13.3. The van der Waals surface area contributed by atoms with Crippen molar-refractivity contribution < 1.29 is 9.15 Å². The van der Waals surface area contributed by atoms with Gasteiger partial charge in [-0.15, -0.1) is 0 Å². The number of fused-ring (bicyclic) bond motifs is 2. The van der Waals surface area contributed by atoms with Gasteiger partial charge in [0.2, 0.25) is 0 Å². The summed E-state index contributed by atoms with van der Waals surface area (Å²) in [5, 5.41) is 0.591. The molecule has 24 heavy (non-hydrogen) atoms. The van der Waals surface area contributed by atoms with Gasteiger partial charge >= 0.3 is 0 Å². The van der Waals surface area contributed by atoms with Crippen LogP contribution in [0, 0.1) is 0 Å². The highest BCUT2D eigenvalue weighted by atomic mass is 16.5. The second-order valence-electron chi connectivity index (χ2n) is 5.94. The molecule has 3 aromatic rings. The molecule has 0 radical (unpaired) electrons. The molecule has 0 unspecified atom stereocenters. The van der Waals surface area contributed by atoms with Gasteiger partial charge in [0.25, 0.3) is 0 Å². The lowest BCUT2D eigenvalue weighted by molar-refractivity contribution is 0.415. The second kappa shape index (κ2) is 5.57. The molecule has 4 heteroatoms. The van der Waals surface area contributed by atoms with Crippen molar-refractivity contribution in [2.24, 2.45) is 0 Å². The van der Waals surface area contributed by atoms with Crippen molar-refractivity contribution in [3.63, 3.8) is 0 Å². The molecule has 4 nitrogen and oxygen atoms in total. The first-order chi connectivity index (χ1) is 11.7. The average molecular weight is 319 g/mol. The zero-order valence-electron chi connectivity index (χ0n) is 13.3. The van der Waals surface area contributed by atoms with Crippen molar-refractivity contribution >= 4 is 28.3 Å². The van der Waals surface area contributed by atoms with E-state index in [0.717, 1.165) is 28.9 Å². The third kappa shape index (κ3) is 2.36. The van der Waals surface area contributed by atoms with E-state index in [0.29, 0.717) is 28.8 Å². The Kier molecular flexibility index (Phi) is 3.38. The Labute approximate surface area is 139 Å². The van der Waals surface area contributed by atoms with Crippen molar-refractivity contribution in [3.8, 4) is 5.75 Å². The Morgan fingerprint density at radius 3 is 2.67 bits per heavy atom. The quantitative estimate of drug-likeness (QED) is 0.728. The van der Waals surface area contributed by atoms with E-state index < -0.39 is 0 Å². The number of methoxy groups -OCH3 is 1. The summed E-state index contributed by atoms with van der Waals surface area (Å²) in [6.07, 6.45) is 3.57. The van der Waals surface area contributed by atoms with E-state index in [1.807, 2.05) is 24.3 Å². The van der Waals surface area contributed by atoms with Crippen molar-refractivity contribution in [2.75, 3.05) is 12.8 Å². The summed E-state index contributed by atoms with van der Waals surface area (Å²) < 4.78 is 11.2. The fraction of sp³-hybridized carbons (Fsp3) is 0.150. The van der Waals surface area contributed by atoms with Gasteiger partial charge in [-0.2, -0.15) is 0 Å². The van der Waals surface area contributed by atoms with Crippen molar-refractivity contribution in [1.82, 2.24) is 0 Å². The van der Waals surface area contributed by atoms with Crippen molar-refractivity contribution in [2.45, 2.75) is 12.8 Å². The monoisotopic (exact) mass is 319 g/mol. The fourth-order valence-electron chi connectivity index (χ4n) is 3.15. The van der Waals surface area contributed by atoms with Gasteiger partial charge in [0, 0.05) is 17.3 Å². The molecule has 0 aliphatic heterocycles. The topological polar surface area (TPSA) is 65.5 Å². The summed E-state index contributed by atoms with van der Waals surface area (Å²) in [4.78, 5) is 12.7. The number of ether oxygens (including phenoxy) is 1. The molecule has 1 aromatic heterocycles. The number of hydrogen-bond donors (Lipinski definition) is 1. The molecule has 0 saturated carbocycles. The molecule has 1 aliphatic carbocycles. The van der Waals surface area contributed by atoms with Gasteiger partial charge in [-0.3, -0.25) is 4.79 Å².